The number of halogens is 1. The first-order chi connectivity index (χ1) is 13.9. The quantitative estimate of drug-likeness (QED) is 0.321. The Bertz CT molecular complexity index is 759. The van der Waals surface area contributed by atoms with Gasteiger partial charge in [-0.25, -0.2) is 9.18 Å². The van der Waals surface area contributed by atoms with E-state index >= 15 is 0 Å². The lowest BCUT2D eigenvalue weighted by molar-refractivity contribution is -0.143. The predicted octanol–water partition coefficient (Wildman–Crippen LogP) is 1.06. The summed E-state index contributed by atoms with van der Waals surface area (Å²) in [6.45, 7) is -0.859. The van der Waals surface area contributed by atoms with Gasteiger partial charge in [0, 0.05) is 0 Å². The van der Waals surface area contributed by atoms with Crippen molar-refractivity contribution in [3.63, 3.8) is 0 Å². The lowest BCUT2D eigenvalue weighted by Crippen LogP contribution is -2.29. The Morgan fingerprint density at radius 2 is 1.72 bits per heavy atom. The van der Waals surface area contributed by atoms with Gasteiger partial charge in [-0.2, -0.15) is 0 Å². The van der Waals surface area contributed by atoms with Crippen molar-refractivity contribution in [1.82, 2.24) is 0 Å². The number of ether oxygens (including phenoxy) is 2. The smallest absolute Gasteiger partial charge is 0.329 e. The molecule has 0 saturated heterocycles. The zero-order valence-electron chi connectivity index (χ0n) is 15.5. The number of carboxylic acids is 1. The molecular formula is C21H23FO7. The maximum absolute atomic E-state index is 12.8. The van der Waals surface area contributed by atoms with Gasteiger partial charge in [0.1, 0.15) is 43.1 Å². The van der Waals surface area contributed by atoms with Crippen molar-refractivity contribution in [2.24, 2.45) is 0 Å². The minimum atomic E-state index is -1.24. The number of rotatable bonds is 11. The third-order valence-electron chi connectivity index (χ3n) is 3.23. The SMILES string of the molecule is O=C(O)COC[C@@H](O)[C@@H](O)/C=C/C=C/C#C/C=C/[C@H](O)COc1ccc(F)cc1. The second kappa shape index (κ2) is 14.1. The molecule has 1 rings (SSSR count). The molecule has 0 heterocycles. The van der Waals surface area contributed by atoms with Gasteiger partial charge in [-0.1, -0.05) is 30.1 Å². The van der Waals surface area contributed by atoms with Gasteiger partial charge in [0.05, 0.1) is 6.61 Å². The Kier molecular flexibility index (Phi) is 11.7. The predicted molar refractivity (Wildman–Crippen MR) is 104 cm³/mol. The highest BCUT2D eigenvalue weighted by molar-refractivity contribution is 5.67. The number of hydrogen-bond donors (Lipinski definition) is 4. The molecule has 29 heavy (non-hydrogen) atoms. The Labute approximate surface area is 168 Å². The zero-order chi connectivity index (χ0) is 21.5. The molecule has 0 aliphatic heterocycles. The van der Waals surface area contributed by atoms with Crippen molar-refractivity contribution in [1.29, 1.82) is 0 Å². The summed E-state index contributed by atoms with van der Waals surface area (Å²) in [6.07, 6.45) is 5.35. The van der Waals surface area contributed by atoms with Gasteiger partial charge >= 0.3 is 5.97 Å². The fourth-order valence-corrected chi connectivity index (χ4v) is 1.80. The number of allylic oxidation sites excluding steroid dienone is 4. The van der Waals surface area contributed by atoms with Crippen LogP contribution in [0, 0.1) is 17.7 Å². The van der Waals surface area contributed by atoms with Gasteiger partial charge in [0.25, 0.3) is 0 Å². The highest BCUT2D eigenvalue weighted by atomic mass is 19.1. The van der Waals surface area contributed by atoms with E-state index in [-0.39, 0.29) is 19.0 Å². The van der Waals surface area contributed by atoms with E-state index in [1.54, 1.807) is 0 Å². The topological polar surface area (TPSA) is 116 Å². The van der Waals surface area contributed by atoms with E-state index < -0.39 is 30.9 Å². The van der Waals surface area contributed by atoms with Gasteiger partial charge in [-0.05, 0) is 42.5 Å². The van der Waals surface area contributed by atoms with Gasteiger partial charge in [-0.15, -0.1) is 0 Å². The van der Waals surface area contributed by atoms with Crippen molar-refractivity contribution < 1.29 is 39.1 Å². The summed E-state index contributed by atoms with van der Waals surface area (Å²) in [5, 5.41) is 37.3. The van der Waals surface area contributed by atoms with Gasteiger partial charge in [0.2, 0.25) is 0 Å². The monoisotopic (exact) mass is 406 g/mol. The summed E-state index contributed by atoms with van der Waals surface area (Å²) >= 11 is 0. The molecule has 0 radical (unpaired) electrons. The maximum Gasteiger partial charge on any atom is 0.329 e. The second-order valence-electron chi connectivity index (χ2n) is 5.69. The summed E-state index contributed by atoms with van der Waals surface area (Å²) < 4.78 is 22.7. The molecule has 3 atom stereocenters. The lowest BCUT2D eigenvalue weighted by Gasteiger charge is -2.13. The molecule has 0 fully saturated rings. The Morgan fingerprint density at radius 1 is 1.03 bits per heavy atom. The first kappa shape index (κ1) is 24.1. The van der Waals surface area contributed by atoms with Crippen molar-refractivity contribution in [2.75, 3.05) is 19.8 Å². The average Bonchev–Trinajstić information content (AvgIpc) is 2.69. The van der Waals surface area contributed by atoms with Crippen LogP contribution in [0.25, 0.3) is 0 Å². The average molecular weight is 406 g/mol. The van der Waals surface area contributed by atoms with Crippen LogP contribution in [0.1, 0.15) is 0 Å². The molecular weight excluding hydrogens is 383 g/mol. The zero-order valence-corrected chi connectivity index (χ0v) is 15.5. The number of hydrogen-bond acceptors (Lipinski definition) is 6. The number of carbonyl (C=O) groups is 1. The molecule has 0 amide bonds. The molecule has 0 bridgehead atoms. The van der Waals surface area contributed by atoms with Gasteiger partial charge in [-0.3, -0.25) is 0 Å². The van der Waals surface area contributed by atoms with Gasteiger partial charge < -0.3 is 29.9 Å². The lowest BCUT2D eigenvalue weighted by atomic mass is 10.2. The summed E-state index contributed by atoms with van der Waals surface area (Å²) in [6, 6.07) is 5.44. The van der Waals surface area contributed by atoms with E-state index in [2.05, 4.69) is 16.6 Å². The Hall–Kier alpha value is -2.96. The number of aliphatic carboxylic acids is 1. The molecule has 0 aliphatic rings. The van der Waals surface area contributed by atoms with Crippen LogP contribution < -0.4 is 4.74 Å². The normalized spacial score (nSPS) is 14.6. The second-order valence-corrected chi connectivity index (χ2v) is 5.69. The number of aliphatic hydroxyl groups excluding tert-OH is 3. The van der Waals surface area contributed by atoms with E-state index in [4.69, 9.17) is 9.84 Å². The van der Waals surface area contributed by atoms with E-state index in [1.165, 1.54) is 60.7 Å². The van der Waals surface area contributed by atoms with Crippen LogP contribution in [0.4, 0.5) is 4.39 Å². The molecule has 0 unspecified atom stereocenters. The third kappa shape index (κ3) is 12.2. The molecule has 156 valence electrons. The number of aliphatic hydroxyl groups is 3. The molecule has 0 spiro atoms. The molecule has 4 N–H and O–H groups in total. The largest absolute Gasteiger partial charge is 0.491 e. The highest BCUT2D eigenvalue weighted by Crippen LogP contribution is 2.11. The fraction of sp³-hybridized carbons (Fsp3) is 0.286. The maximum atomic E-state index is 12.8. The summed E-state index contributed by atoms with van der Waals surface area (Å²) in [5.41, 5.74) is 0. The molecule has 0 aliphatic carbocycles. The van der Waals surface area contributed by atoms with Gasteiger partial charge in [0.15, 0.2) is 0 Å². The number of benzene rings is 1. The molecule has 7 nitrogen and oxygen atoms in total. The Morgan fingerprint density at radius 3 is 2.41 bits per heavy atom. The Balaban J connectivity index is 2.27. The van der Waals surface area contributed by atoms with Crippen LogP contribution >= 0.6 is 0 Å². The van der Waals surface area contributed by atoms with Crippen LogP contribution in [-0.2, 0) is 9.53 Å². The summed E-state index contributed by atoms with van der Waals surface area (Å²) in [7, 11) is 0. The van der Waals surface area contributed by atoms with Crippen LogP contribution in [0.5, 0.6) is 5.75 Å². The van der Waals surface area contributed by atoms with E-state index in [9.17, 15) is 24.5 Å². The fourth-order valence-electron chi connectivity index (χ4n) is 1.80. The van der Waals surface area contributed by atoms with Crippen LogP contribution in [-0.4, -0.2) is 64.5 Å². The third-order valence-corrected chi connectivity index (χ3v) is 3.23. The van der Waals surface area contributed by atoms with E-state index in [1.807, 2.05) is 0 Å². The summed E-state index contributed by atoms with van der Waals surface area (Å²) in [5.74, 6) is 4.26. The first-order valence-electron chi connectivity index (χ1n) is 8.61. The minimum absolute atomic E-state index is 0.00121. The van der Waals surface area contributed by atoms with Crippen molar-refractivity contribution >= 4 is 5.97 Å². The molecule has 0 aromatic heterocycles. The molecule has 0 saturated carbocycles. The van der Waals surface area contributed by atoms with Crippen LogP contribution in [0.2, 0.25) is 0 Å². The number of carboxylic acid groups (broad SMARTS) is 1. The van der Waals surface area contributed by atoms with Crippen LogP contribution in [0.15, 0.2) is 60.7 Å². The van der Waals surface area contributed by atoms with Crippen molar-refractivity contribution in [2.45, 2.75) is 18.3 Å². The molecule has 1 aromatic carbocycles. The first-order valence-corrected chi connectivity index (χ1v) is 8.61. The standard InChI is InChI=1S/C21H23FO7/c22-16-9-11-18(12-10-16)29-13-17(23)7-5-3-1-2-4-6-8-19(24)20(25)14-28-15-21(26)27/h2,4-12,17,19-20,23-25H,13-15H2,(H,26,27)/b4-2+,7-5+,8-6+/t17-,19-,20+/m0/s1. The molecule has 1 aromatic rings. The van der Waals surface area contributed by atoms with E-state index in [0.717, 1.165) is 0 Å². The van der Waals surface area contributed by atoms with Crippen molar-refractivity contribution in [3.8, 4) is 17.6 Å². The van der Waals surface area contributed by atoms with Crippen molar-refractivity contribution in [3.05, 3.63) is 66.5 Å². The summed E-state index contributed by atoms with van der Waals surface area (Å²) in [4.78, 5) is 10.3. The van der Waals surface area contributed by atoms with E-state index in [0.29, 0.717) is 5.75 Å². The molecule has 8 heteroatoms. The minimum Gasteiger partial charge on any atom is -0.491 e. The highest BCUT2D eigenvalue weighted by Gasteiger charge is 2.13. The van der Waals surface area contributed by atoms with Crippen LogP contribution in [0.3, 0.4) is 0 Å².